The fourth-order valence-corrected chi connectivity index (χ4v) is 3.58. The Hall–Kier alpha value is -3.35. The number of anilines is 1. The number of carbonyl (C=O) groups excluding carboxylic acids is 1. The summed E-state index contributed by atoms with van der Waals surface area (Å²) in [6, 6.07) is 23.8. The van der Waals surface area contributed by atoms with Crippen molar-refractivity contribution in [3.8, 4) is 22.4 Å². The van der Waals surface area contributed by atoms with E-state index in [0.717, 1.165) is 21.7 Å². The lowest BCUT2D eigenvalue weighted by molar-refractivity contribution is 0.0983. The summed E-state index contributed by atoms with van der Waals surface area (Å²) in [5.41, 5.74) is 3.77. The van der Waals surface area contributed by atoms with Crippen molar-refractivity contribution in [2.45, 2.75) is 0 Å². The van der Waals surface area contributed by atoms with Gasteiger partial charge in [0, 0.05) is 10.9 Å². The van der Waals surface area contributed by atoms with Crippen LogP contribution < -0.4 is 10.9 Å². The summed E-state index contributed by atoms with van der Waals surface area (Å²) < 4.78 is 13.8. The molecule has 0 atom stereocenters. The molecule has 0 aliphatic carbocycles. The van der Waals surface area contributed by atoms with Crippen molar-refractivity contribution in [2.24, 2.45) is 5.84 Å². The number of hydrogen-bond acceptors (Lipinski definition) is 4. The summed E-state index contributed by atoms with van der Waals surface area (Å²) >= 11 is 1.23. The van der Waals surface area contributed by atoms with E-state index >= 15 is 0 Å². The zero-order valence-corrected chi connectivity index (χ0v) is 15.6. The highest BCUT2D eigenvalue weighted by Crippen LogP contribution is 2.29. The first kappa shape index (κ1) is 18.0. The molecule has 3 aromatic carbocycles. The molecule has 1 heterocycles. The zero-order valence-electron chi connectivity index (χ0n) is 14.7. The highest BCUT2D eigenvalue weighted by Gasteiger charge is 2.20. The molecule has 4 aromatic rings. The second-order valence-corrected chi connectivity index (χ2v) is 6.95. The Labute approximate surface area is 165 Å². The first-order valence-electron chi connectivity index (χ1n) is 8.58. The van der Waals surface area contributed by atoms with Crippen LogP contribution >= 0.6 is 11.3 Å². The van der Waals surface area contributed by atoms with Crippen molar-refractivity contribution in [3.05, 3.63) is 95.6 Å². The van der Waals surface area contributed by atoms with Crippen LogP contribution in [0.2, 0.25) is 0 Å². The van der Waals surface area contributed by atoms with Gasteiger partial charge in [0.15, 0.2) is 0 Å². The number of halogens is 1. The van der Waals surface area contributed by atoms with E-state index in [1.807, 2.05) is 47.8 Å². The van der Waals surface area contributed by atoms with Crippen molar-refractivity contribution in [1.82, 2.24) is 4.98 Å². The molecule has 0 spiro atoms. The molecule has 28 heavy (non-hydrogen) atoms. The molecular weight excluding hydrogens is 373 g/mol. The average Bonchev–Trinajstić information content (AvgIpc) is 3.24. The molecule has 0 unspecified atom stereocenters. The normalized spacial score (nSPS) is 10.6. The van der Waals surface area contributed by atoms with Gasteiger partial charge in [-0.1, -0.05) is 66.7 Å². The number of nitrogens with zero attached hydrogens (tertiary/aromatic N) is 2. The molecule has 0 aliphatic heterocycles. The van der Waals surface area contributed by atoms with E-state index in [4.69, 9.17) is 5.84 Å². The summed E-state index contributed by atoms with van der Waals surface area (Å²) in [7, 11) is 0. The molecule has 138 valence electrons. The number of aromatic nitrogens is 1. The molecular formula is C22H16FN3OS. The number of rotatable bonds is 4. The maximum Gasteiger partial charge on any atom is 0.277 e. The van der Waals surface area contributed by atoms with Gasteiger partial charge in [0.2, 0.25) is 5.13 Å². The third kappa shape index (κ3) is 3.55. The molecule has 0 saturated carbocycles. The van der Waals surface area contributed by atoms with Crippen LogP contribution in [-0.2, 0) is 0 Å². The number of carbonyl (C=O) groups is 1. The molecule has 0 radical (unpaired) electrons. The van der Waals surface area contributed by atoms with Crippen molar-refractivity contribution in [2.75, 3.05) is 5.01 Å². The molecule has 1 amide bonds. The van der Waals surface area contributed by atoms with E-state index in [-0.39, 0.29) is 5.56 Å². The predicted molar refractivity (Wildman–Crippen MR) is 110 cm³/mol. The first-order chi connectivity index (χ1) is 13.6. The SMILES string of the molecule is NN(C(=O)c1ccccc1F)c1nc(-c2ccc(-c3ccccc3)cc2)cs1. The van der Waals surface area contributed by atoms with Gasteiger partial charge in [-0.3, -0.25) is 4.79 Å². The van der Waals surface area contributed by atoms with Crippen molar-refractivity contribution in [3.63, 3.8) is 0 Å². The molecule has 0 bridgehead atoms. The molecule has 0 aliphatic rings. The Morgan fingerprint density at radius 2 is 1.46 bits per heavy atom. The lowest BCUT2D eigenvalue weighted by Gasteiger charge is -2.13. The lowest BCUT2D eigenvalue weighted by Crippen LogP contribution is -2.37. The minimum atomic E-state index is -0.640. The van der Waals surface area contributed by atoms with Crippen LogP contribution in [0.25, 0.3) is 22.4 Å². The highest BCUT2D eigenvalue weighted by atomic mass is 32.1. The van der Waals surface area contributed by atoms with Gasteiger partial charge in [0.05, 0.1) is 11.3 Å². The van der Waals surface area contributed by atoms with Crippen molar-refractivity contribution >= 4 is 22.4 Å². The van der Waals surface area contributed by atoms with Gasteiger partial charge >= 0.3 is 0 Å². The Bertz CT molecular complexity index is 1110. The fourth-order valence-electron chi connectivity index (χ4n) is 2.82. The molecule has 4 nitrogen and oxygen atoms in total. The van der Waals surface area contributed by atoms with E-state index in [0.29, 0.717) is 10.8 Å². The number of thiazole rings is 1. The van der Waals surface area contributed by atoms with Crippen LogP contribution in [0.4, 0.5) is 9.52 Å². The minimum absolute atomic E-state index is 0.0889. The van der Waals surface area contributed by atoms with Crippen LogP contribution in [0.3, 0.4) is 0 Å². The smallest absolute Gasteiger partial charge is 0.267 e. The van der Waals surface area contributed by atoms with Gasteiger partial charge in [-0.05, 0) is 23.3 Å². The monoisotopic (exact) mass is 389 g/mol. The maximum absolute atomic E-state index is 13.8. The quantitative estimate of drug-likeness (QED) is 0.299. The Morgan fingerprint density at radius 1 is 0.857 bits per heavy atom. The summed E-state index contributed by atoms with van der Waals surface area (Å²) in [4.78, 5) is 16.9. The lowest BCUT2D eigenvalue weighted by atomic mass is 10.0. The Balaban J connectivity index is 1.56. The van der Waals surface area contributed by atoms with Gasteiger partial charge < -0.3 is 0 Å². The predicted octanol–water partition coefficient (Wildman–Crippen LogP) is 5.14. The van der Waals surface area contributed by atoms with Gasteiger partial charge in [-0.2, -0.15) is 0 Å². The zero-order chi connectivity index (χ0) is 19.5. The number of benzene rings is 3. The van der Waals surface area contributed by atoms with Crippen LogP contribution in [0.15, 0.2) is 84.2 Å². The molecule has 6 heteroatoms. The number of nitrogens with two attached hydrogens (primary N) is 1. The molecule has 0 saturated heterocycles. The average molecular weight is 389 g/mol. The largest absolute Gasteiger partial charge is 0.277 e. The third-order valence-corrected chi connectivity index (χ3v) is 5.15. The molecule has 4 rings (SSSR count). The second-order valence-electron chi connectivity index (χ2n) is 6.11. The van der Waals surface area contributed by atoms with Crippen LogP contribution in [0, 0.1) is 5.82 Å². The highest BCUT2D eigenvalue weighted by molar-refractivity contribution is 7.14. The Kier molecular flexibility index (Phi) is 4.97. The fraction of sp³-hybridized carbons (Fsp3) is 0. The van der Waals surface area contributed by atoms with E-state index in [1.54, 1.807) is 6.07 Å². The van der Waals surface area contributed by atoms with Crippen molar-refractivity contribution < 1.29 is 9.18 Å². The van der Waals surface area contributed by atoms with Gasteiger partial charge in [-0.15, -0.1) is 11.3 Å². The van der Waals surface area contributed by atoms with Crippen LogP contribution in [0.5, 0.6) is 0 Å². The van der Waals surface area contributed by atoms with E-state index in [9.17, 15) is 9.18 Å². The number of hydrogen-bond donors (Lipinski definition) is 1. The summed E-state index contributed by atoms with van der Waals surface area (Å²) in [6.07, 6.45) is 0. The molecule has 0 fully saturated rings. The van der Waals surface area contributed by atoms with Crippen LogP contribution in [-0.4, -0.2) is 10.9 Å². The van der Waals surface area contributed by atoms with Crippen molar-refractivity contribution in [1.29, 1.82) is 0 Å². The number of hydrazine groups is 1. The first-order valence-corrected chi connectivity index (χ1v) is 9.46. The topological polar surface area (TPSA) is 59.2 Å². The summed E-state index contributed by atoms with van der Waals surface area (Å²) in [5.74, 6) is 4.64. The minimum Gasteiger partial charge on any atom is -0.267 e. The Morgan fingerprint density at radius 3 is 2.18 bits per heavy atom. The van der Waals surface area contributed by atoms with E-state index < -0.39 is 11.7 Å². The molecule has 1 aromatic heterocycles. The maximum atomic E-state index is 13.8. The summed E-state index contributed by atoms with van der Waals surface area (Å²) in [5, 5.41) is 3.00. The third-order valence-electron chi connectivity index (χ3n) is 4.31. The second kappa shape index (κ2) is 7.72. The van der Waals surface area contributed by atoms with Gasteiger partial charge in [-0.25, -0.2) is 20.2 Å². The van der Waals surface area contributed by atoms with E-state index in [1.165, 1.54) is 29.5 Å². The van der Waals surface area contributed by atoms with Crippen LogP contribution in [0.1, 0.15) is 10.4 Å². The number of amides is 1. The van der Waals surface area contributed by atoms with E-state index in [2.05, 4.69) is 17.1 Å². The summed E-state index contributed by atoms with van der Waals surface area (Å²) in [6.45, 7) is 0. The van der Waals surface area contributed by atoms with Gasteiger partial charge in [0.25, 0.3) is 5.91 Å². The molecule has 2 N–H and O–H groups in total. The standard InChI is InChI=1S/C22H16FN3OS/c23-19-9-5-4-8-18(19)21(27)26(24)22-25-20(14-28-22)17-12-10-16(11-13-17)15-6-2-1-3-7-15/h1-14H,24H2. The van der Waals surface area contributed by atoms with Gasteiger partial charge in [0.1, 0.15) is 5.82 Å².